The summed E-state index contributed by atoms with van der Waals surface area (Å²) in [5, 5.41) is 4.48. The minimum atomic E-state index is 0.906. The van der Waals surface area contributed by atoms with Crippen molar-refractivity contribution in [2.75, 3.05) is 19.6 Å². The maximum absolute atomic E-state index is 4.55. The van der Waals surface area contributed by atoms with E-state index in [0.29, 0.717) is 0 Å². The van der Waals surface area contributed by atoms with Gasteiger partial charge in [0.05, 0.1) is 4.47 Å². The minimum Gasteiger partial charge on any atom is -0.303 e. The topological polar surface area (TPSA) is 33.4 Å². The van der Waals surface area contributed by atoms with E-state index in [1.165, 1.54) is 25.9 Å². The molecule has 0 amide bonds. The molecule has 1 aliphatic rings. The molecule has 0 N–H and O–H groups in total. The maximum Gasteiger partial charge on any atom is 0.169 e. The second kappa shape index (κ2) is 4.74. The van der Waals surface area contributed by atoms with Crippen LogP contribution in [0.1, 0.15) is 18.7 Å². The van der Waals surface area contributed by atoms with Crippen LogP contribution in [0.25, 0.3) is 5.65 Å². The number of rotatable bonds is 3. The van der Waals surface area contributed by atoms with Gasteiger partial charge < -0.3 is 4.90 Å². The number of nitrogens with zero attached hydrogens (tertiary/aromatic N) is 4. The number of hydrogen-bond acceptors (Lipinski definition) is 3. The maximum atomic E-state index is 4.55. The van der Waals surface area contributed by atoms with Gasteiger partial charge in [0.2, 0.25) is 0 Å². The van der Waals surface area contributed by atoms with E-state index in [9.17, 15) is 0 Å². The molecule has 4 nitrogen and oxygen atoms in total. The highest BCUT2D eigenvalue weighted by Crippen LogP contribution is 2.15. The van der Waals surface area contributed by atoms with E-state index in [1.54, 1.807) is 0 Å². The fourth-order valence-electron chi connectivity index (χ4n) is 2.29. The molecule has 0 aliphatic carbocycles. The van der Waals surface area contributed by atoms with Gasteiger partial charge in [-0.25, -0.2) is 9.50 Å². The van der Waals surface area contributed by atoms with Crippen LogP contribution in [-0.2, 0) is 6.42 Å². The summed E-state index contributed by atoms with van der Waals surface area (Å²) in [5.41, 5.74) is 0.906. The molecule has 5 heteroatoms. The Balaban J connectivity index is 1.74. The zero-order valence-electron chi connectivity index (χ0n) is 9.64. The van der Waals surface area contributed by atoms with Crippen LogP contribution in [-0.4, -0.2) is 39.1 Å². The van der Waals surface area contributed by atoms with E-state index < -0.39 is 0 Å². The molecule has 0 saturated carbocycles. The monoisotopic (exact) mass is 294 g/mol. The average molecular weight is 295 g/mol. The highest BCUT2D eigenvalue weighted by Gasteiger charge is 2.13. The van der Waals surface area contributed by atoms with Gasteiger partial charge in [-0.2, -0.15) is 5.10 Å². The summed E-state index contributed by atoms with van der Waals surface area (Å²) in [4.78, 5) is 7.04. The van der Waals surface area contributed by atoms with Crippen LogP contribution in [0.2, 0.25) is 0 Å². The molecule has 2 aromatic rings. The Labute approximate surface area is 109 Å². The molecular weight excluding hydrogens is 280 g/mol. The van der Waals surface area contributed by atoms with Crippen LogP contribution in [0.3, 0.4) is 0 Å². The Morgan fingerprint density at radius 2 is 2.12 bits per heavy atom. The van der Waals surface area contributed by atoms with Gasteiger partial charge in [0, 0.05) is 19.2 Å². The van der Waals surface area contributed by atoms with Crippen molar-refractivity contribution in [3.63, 3.8) is 0 Å². The third kappa shape index (κ3) is 2.35. The number of hydrogen-bond donors (Lipinski definition) is 0. The standard InChI is InChI=1S/C12H15BrN4/c13-10-4-3-8-17-12(10)14-11(15-17)5-9-16-6-1-2-7-16/h3-4,8H,1-2,5-7,9H2. The lowest BCUT2D eigenvalue weighted by Gasteiger charge is -2.12. The predicted octanol–water partition coefficient (Wildman–Crippen LogP) is 2.13. The highest BCUT2D eigenvalue weighted by molar-refractivity contribution is 9.10. The third-order valence-electron chi connectivity index (χ3n) is 3.21. The van der Waals surface area contributed by atoms with Gasteiger partial charge in [-0.1, -0.05) is 0 Å². The predicted molar refractivity (Wildman–Crippen MR) is 70.1 cm³/mol. The van der Waals surface area contributed by atoms with Gasteiger partial charge in [-0.15, -0.1) is 0 Å². The van der Waals surface area contributed by atoms with E-state index in [-0.39, 0.29) is 0 Å². The van der Waals surface area contributed by atoms with Crippen LogP contribution in [0, 0.1) is 0 Å². The average Bonchev–Trinajstić information content (AvgIpc) is 2.95. The van der Waals surface area contributed by atoms with Gasteiger partial charge in [-0.05, 0) is 54.0 Å². The zero-order chi connectivity index (χ0) is 11.7. The molecule has 1 fully saturated rings. The van der Waals surface area contributed by atoms with Crippen LogP contribution < -0.4 is 0 Å². The first kappa shape index (κ1) is 11.2. The summed E-state index contributed by atoms with van der Waals surface area (Å²) < 4.78 is 2.84. The Morgan fingerprint density at radius 3 is 2.88 bits per heavy atom. The molecule has 17 heavy (non-hydrogen) atoms. The molecule has 0 bridgehead atoms. The molecule has 0 unspecified atom stereocenters. The van der Waals surface area contributed by atoms with E-state index in [0.717, 1.165) is 28.9 Å². The molecule has 0 aromatic carbocycles. The van der Waals surface area contributed by atoms with Crippen molar-refractivity contribution in [3.05, 3.63) is 28.6 Å². The number of pyridine rings is 1. The largest absolute Gasteiger partial charge is 0.303 e. The van der Waals surface area contributed by atoms with Crippen molar-refractivity contribution >= 4 is 21.6 Å². The molecule has 0 atom stereocenters. The first-order valence-electron chi connectivity index (χ1n) is 6.05. The lowest BCUT2D eigenvalue weighted by Crippen LogP contribution is -2.22. The molecular formula is C12H15BrN4. The second-order valence-corrected chi connectivity index (χ2v) is 5.31. The van der Waals surface area contributed by atoms with Crippen LogP contribution in [0.5, 0.6) is 0 Å². The molecule has 3 heterocycles. The van der Waals surface area contributed by atoms with Crippen molar-refractivity contribution in [1.82, 2.24) is 19.5 Å². The lowest BCUT2D eigenvalue weighted by molar-refractivity contribution is 0.341. The van der Waals surface area contributed by atoms with E-state index in [1.807, 2.05) is 22.8 Å². The second-order valence-electron chi connectivity index (χ2n) is 4.45. The lowest BCUT2D eigenvalue weighted by atomic mass is 10.4. The third-order valence-corrected chi connectivity index (χ3v) is 3.83. The summed E-state index contributed by atoms with van der Waals surface area (Å²) in [6, 6.07) is 3.96. The summed E-state index contributed by atoms with van der Waals surface area (Å²) in [5.74, 6) is 0.934. The van der Waals surface area contributed by atoms with Crippen molar-refractivity contribution in [2.24, 2.45) is 0 Å². The zero-order valence-corrected chi connectivity index (χ0v) is 11.2. The molecule has 0 radical (unpaired) electrons. The minimum absolute atomic E-state index is 0.906. The molecule has 2 aromatic heterocycles. The normalized spacial score (nSPS) is 17.0. The fraction of sp³-hybridized carbons (Fsp3) is 0.500. The Bertz CT molecular complexity index is 516. The first-order chi connectivity index (χ1) is 8.33. The number of aromatic nitrogens is 3. The Hall–Kier alpha value is -0.940. The SMILES string of the molecule is Brc1cccn2nc(CCN3CCCC3)nc12. The number of likely N-dealkylation sites (tertiary alicyclic amines) is 1. The van der Waals surface area contributed by atoms with Crippen molar-refractivity contribution in [2.45, 2.75) is 19.3 Å². The summed E-state index contributed by atoms with van der Waals surface area (Å²) in [6.07, 6.45) is 5.55. The van der Waals surface area contributed by atoms with Gasteiger partial charge in [0.25, 0.3) is 0 Å². The van der Waals surface area contributed by atoms with Gasteiger partial charge >= 0.3 is 0 Å². The Morgan fingerprint density at radius 1 is 1.29 bits per heavy atom. The molecule has 0 spiro atoms. The van der Waals surface area contributed by atoms with E-state index in [2.05, 4.69) is 30.9 Å². The van der Waals surface area contributed by atoms with E-state index >= 15 is 0 Å². The van der Waals surface area contributed by atoms with Crippen LogP contribution in [0.15, 0.2) is 22.8 Å². The number of halogens is 1. The smallest absolute Gasteiger partial charge is 0.169 e. The van der Waals surface area contributed by atoms with Crippen LogP contribution in [0.4, 0.5) is 0 Å². The van der Waals surface area contributed by atoms with Gasteiger partial charge in [0.15, 0.2) is 11.5 Å². The summed E-state index contributed by atoms with van der Waals surface area (Å²) in [7, 11) is 0. The van der Waals surface area contributed by atoms with Crippen LogP contribution >= 0.6 is 15.9 Å². The van der Waals surface area contributed by atoms with E-state index in [4.69, 9.17) is 0 Å². The Kier molecular flexibility index (Phi) is 3.11. The van der Waals surface area contributed by atoms with Crippen molar-refractivity contribution in [1.29, 1.82) is 0 Å². The molecule has 1 aliphatic heterocycles. The molecule has 90 valence electrons. The molecule has 3 rings (SSSR count). The van der Waals surface area contributed by atoms with Crippen molar-refractivity contribution in [3.8, 4) is 0 Å². The number of fused-ring (bicyclic) bond motifs is 1. The first-order valence-corrected chi connectivity index (χ1v) is 6.84. The highest BCUT2D eigenvalue weighted by atomic mass is 79.9. The molecule has 1 saturated heterocycles. The van der Waals surface area contributed by atoms with Crippen molar-refractivity contribution < 1.29 is 0 Å². The summed E-state index contributed by atoms with van der Waals surface area (Å²) in [6.45, 7) is 3.54. The van der Waals surface area contributed by atoms with Gasteiger partial charge in [-0.3, -0.25) is 0 Å². The quantitative estimate of drug-likeness (QED) is 0.870. The summed E-state index contributed by atoms with van der Waals surface area (Å²) >= 11 is 3.49. The fourth-order valence-corrected chi connectivity index (χ4v) is 2.71. The van der Waals surface area contributed by atoms with Gasteiger partial charge in [0.1, 0.15) is 0 Å².